The second kappa shape index (κ2) is 8.59. The van der Waals surface area contributed by atoms with Gasteiger partial charge in [-0.15, -0.1) is 0 Å². The van der Waals surface area contributed by atoms with Gasteiger partial charge in [-0.1, -0.05) is 49.3 Å². The Labute approximate surface area is 147 Å². The predicted octanol–water partition coefficient (Wildman–Crippen LogP) is 2.57. The molecule has 25 heavy (non-hydrogen) atoms. The van der Waals surface area contributed by atoms with Gasteiger partial charge in [-0.2, -0.15) is 4.31 Å². The van der Waals surface area contributed by atoms with E-state index < -0.39 is 15.9 Å². The van der Waals surface area contributed by atoms with Gasteiger partial charge in [-0.3, -0.25) is 4.79 Å². The average Bonchev–Trinajstić information content (AvgIpc) is 3.06. The van der Waals surface area contributed by atoms with E-state index in [-0.39, 0.29) is 24.8 Å². The summed E-state index contributed by atoms with van der Waals surface area (Å²) in [5.74, 6) is -0.169. The van der Waals surface area contributed by atoms with Crippen molar-refractivity contribution in [2.75, 3.05) is 18.4 Å². The highest BCUT2D eigenvalue weighted by Crippen LogP contribution is 2.11. The molecule has 1 heterocycles. The molecule has 0 unspecified atom stereocenters. The van der Waals surface area contributed by atoms with E-state index in [1.807, 2.05) is 32.0 Å². The molecule has 2 rings (SSSR count). The Kier molecular flexibility index (Phi) is 6.49. The fourth-order valence-electron chi connectivity index (χ4n) is 2.10. The van der Waals surface area contributed by atoms with Gasteiger partial charge in [-0.05, 0) is 17.6 Å². The summed E-state index contributed by atoms with van der Waals surface area (Å²) in [4.78, 5) is 12.1. The maximum Gasteiger partial charge on any atom is 0.240 e. The predicted molar refractivity (Wildman–Crippen MR) is 95.9 cm³/mol. The van der Waals surface area contributed by atoms with Crippen molar-refractivity contribution in [2.24, 2.45) is 5.92 Å². The van der Waals surface area contributed by atoms with Crippen LogP contribution in [0.1, 0.15) is 19.4 Å². The summed E-state index contributed by atoms with van der Waals surface area (Å²) in [6.45, 7) is 3.71. The van der Waals surface area contributed by atoms with Gasteiger partial charge in [0.15, 0.2) is 5.82 Å². The Balaban J connectivity index is 2.11. The van der Waals surface area contributed by atoms with Gasteiger partial charge < -0.3 is 9.84 Å². The van der Waals surface area contributed by atoms with Crippen LogP contribution in [0.25, 0.3) is 6.08 Å². The smallest absolute Gasteiger partial charge is 0.240 e. The quantitative estimate of drug-likeness (QED) is 0.778. The molecule has 2 aromatic rings. The summed E-state index contributed by atoms with van der Waals surface area (Å²) < 4.78 is 31.0. The normalized spacial score (nSPS) is 12.2. The molecule has 7 nitrogen and oxygen atoms in total. The van der Waals surface area contributed by atoms with Crippen LogP contribution in [0.2, 0.25) is 0 Å². The van der Waals surface area contributed by atoms with Crippen molar-refractivity contribution < 1.29 is 17.7 Å². The molecule has 0 aliphatic rings. The Hall–Kier alpha value is -2.45. The zero-order valence-corrected chi connectivity index (χ0v) is 14.9. The molecule has 0 saturated carbocycles. The van der Waals surface area contributed by atoms with Crippen molar-refractivity contribution >= 4 is 27.8 Å². The number of rotatable bonds is 8. The molecule has 0 radical (unpaired) electrons. The summed E-state index contributed by atoms with van der Waals surface area (Å²) in [5, 5.41) is 7.19. The van der Waals surface area contributed by atoms with Gasteiger partial charge in [0.05, 0.1) is 6.54 Å². The molecule has 0 fully saturated rings. The lowest BCUT2D eigenvalue weighted by atomic mass is 10.2. The molecule has 1 aromatic heterocycles. The minimum absolute atomic E-state index is 0.0692. The SMILES string of the molecule is CC(C)CN(CC(=O)Nc1ccon1)S(=O)(=O)/C=C/c1ccccc1. The topological polar surface area (TPSA) is 92.5 Å². The number of amides is 1. The number of sulfonamides is 1. The summed E-state index contributed by atoms with van der Waals surface area (Å²) >= 11 is 0. The number of nitrogens with zero attached hydrogens (tertiary/aromatic N) is 2. The zero-order valence-electron chi connectivity index (χ0n) is 14.1. The van der Waals surface area contributed by atoms with Crippen LogP contribution in [0.15, 0.2) is 52.6 Å². The Morgan fingerprint density at radius 3 is 2.60 bits per heavy atom. The van der Waals surface area contributed by atoms with Crippen LogP contribution in [0, 0.1) is 5.92 Å². The Morgan fingerprint density at radius 1 is 1.28 bits per heavy atom. The molecule has 0 saturated heterocycles. The first-order valence-electron chi connectivity index (χ1n) is 7.80. The van der Waals surface area contributed by atoms with E-state index in [0.29, 0.717) is 0 Å². The van der Waals surface area contributed by atoms with E-state index in [1.165, 1.54) is 18.4 Å². The lowest BCUT2D eigenvalue weighted by molar-refractivity contribution is -0.116. The number of hydrogen-bond donors (Lipinski definition) is 1. The van der Waals surface area contributed by atoms with E-state index in [9.17, 15) is 13.2 Å². The zero-order chi connectivity index (χ0) is 18.3. The van der Waals surface area contributed by atoms with E-state index >= 15 is 0 Å². The van der Waals surface area contributed by atoms with E-state index in [0.717, 1.165) is 15.3 Å². The first-order valence-corrected chi connectivity index (χ1v) is 9.30. The monoisotopic (exact) mass is 363 g/mol. The molecular formula is C17H21N3O4S. The maximum absolute atomic E-state index is 12.6. The molecule has 134 valence electrons. The van der Waals surface area contributed by atoms with E-state index in [1.54, 1.807) is 12.1 Å². The number of carbonyl (C=O) groups excluding carboxylic acids is 1. The summed E-state index contributed by atoms with van der Waals surface area (Å²) in [6, 6.07) is 10.6. The minimum atomic E-state index is -3.74. The van der Waals surface area contributed by atoms with Crippen molar-refractivity contribution in [1.82, 2.24) is 9.46 Å². The molecule has 0 bridgehead atoms. The van der Waals surface area contributed by atoms with Gasteiger partial charge in [0.1, 0.15) is 6.26 Å². The second-order valence-electron chi connectivity index (χ2n) is 5.88. The highest BCUT2D eigenvalue weighted by atomic mass is 32.2. The summed E-state index contributed by atoms with van der Waals surface area (Å²) in [5.41, 5.74) is 0.766. The number of benzene rings is 1. The van der Waals surface area contributed by atoms with Gasteiger partial charge in [0.25, 0.3) is 0 Å². The molecule has 1 aromatic carbocycles. The van der Waals surface area contributed by atoms with Crippen molar-refractivity contribution in [3.05, 3.63) is 53.6 Å². The van der Waals surface area contributed by atoms with Crippen LogP contribution in [-0.4, -0.2) is 36.9 Å². The average molecular weight is 363 g/mol. The molecular weight excluding hydrogens is 342 g/mol. The van der Waals surface area contributed by atoms with Crippen LogP contribution in [0.5, 0.6) is 0 Å². The van der Waals surface area contributed by atoms with Gasteiger partial charge in [-0.25, -0.2) is 8.42 Å². The molecule has 0 aliphatic heterocycles. The van der Waals surface area contributed by atoms with Crippen LogP contribution >= 0.6 is 0 Å². The number of hydrogen-bond acceptors (Lipinski definition) is 5. The second-order valence-corrected chi connectivity index (χ2v) is 7.70. The van der Waals surface area contributed by atoms with Crippen molar-refractivity contribution in [3.8, 4) is 0 Å². The lowest BCUT2D eigenvalue weighted by Gasteiger charge is -2.21. The Bertz CT molecular complexity index is 800. The van der Waals surface area contributed by atoms with Gasteiger partial charge in [0, 0.05) is 18.0 Å². The highest BCUT2D eigenvalue weighted by Gasteiger charge is 2.23. The fourth-order valence-corrected chi connectivity index (χ4v) is 3.40. The third-order valence-corrected chi connectivity index (χ3v) is 4.66. The molecule has 0 spiro atoms. The fraction of sp³-hybridized carbons (Fsp3) is 0.294. The molecule has 1 N–H and O–H groups in total. The third-order valence-electron chi connectivity index (χ3n) is 3.19. The van der Waals surface area contributed by atoms with E-state index in [2.05, 4.69) is 15.0 Å². The highest BCUT2D eigenvalue weighted by molar-refractivity contribution is 7.92. The van der Waals surface area contributed by atoms with Crippen LogP contribution in [0.4, 0.5) is 5.82 Å². The van der Waals surface area contributed by atoms with Crippen LogP contribution < -0.4 is 5.32 Å². The number of nitrogens with one attached hydrogen (secondary N) is 1. The first-order chi connectivity index (χ1) is 11.9. The van der Waals surface area contributed by atoms with Crippen LogP contribution in [-0.2, 0) is 14.8 Å². The number of carbonyl (C=O) groups is 1. The largest absolute Gasteiger partial charge is 0.363 e. The number of aromatic nitrogens is 1. The van der Waals surface area contributed by atoms with Crippen LogP contribution in [0.3, 0.4) is 0 Å². The standard InChI is InChI=1S/C17H21N3O4S/c1-14(2)12-20(13-17(21)18-16-8-10-24-19-16)25(22,23)11-9-15-6-4-3-5-7-15/h3-11,14H,12-13H2,1-2H3,(H,18,19,21)/b11-9+. The molecule has 1 amide bonds. The summed E-state index contributed by atoms with van der Waals surface area (Å²) in [6.07, 6.45) is 2.83. The van der Waals surface area contributed by atoms with Gasteiger partial charge in [0.2, 0.25) is 15.9 Å². The maximum atomic E-state index is 12.6. The minimum Gasteiger partial charge on any atom is -0.363 e. The van der Waals surface area contributed by atoms with E-state index in [4.69, 9.17) is 0 Å². The molecule has 8 heteroatoms. The van der Waals surface area contributed by atoms with Crippen molar-refractivity contribution in [2.45, 2.75) is 13.8 Å². The third kappa shape index (κ3) is 6.17. The molecule has 0 atom stereocenters. The van der Waals surface area contributed by atoms with Crippen molar-refractivity contribution in [3.63, 3.8) is 0 Å². The molecule has 0 aliphatic carbocycles. The Morgan fingerprint density at radius 2 is 2.00 bits per heavy atom. The lowest BCUT2D eigenvalue weighted by Crippen LogP contribution is -2.39. The first kappa shape index (κ1) is 18.9. The number of anilines is 1. The van der Waals surface area contributed by atoms with Gasteiger partial charge >= 0.3 is 0 Å². The van der Waals surface area contributed by atoms with Crippen molar-refractivity contribution in [1.29, 1.82) is 0 Å². The summed E-state index contributed by atoms with van der Waals surface area (Å²) in [7, 11) is -3.74.